The Bertz CT molecular complexity index is 1060. The van der Waals surface area contributed by atoms with Gasteiger partial charge in [-0.25, -0.2) is 8.42 Å². The van der Waals surface area contributed by atoms with E-state index in [9.17, 15) is 13.2 Å². The fourth-order valence-corrected chi connectivity index (χ4v) is 5.08. The van der Waals surface area contributed by atoms with Crippen molar-refractivity contribution in [2.24, 2.45) is 10.9 Å². The minimum absolute atomic E-state index is 0.0299. The quantitative estimate of drug-likeness (QED) is 0.831. The third-order valence-electron chi connectivity index (χ3n) is 5.28. The van der Waals surface area contributed by atoms with Crippen molar-refractivity contribution in [3.8, 4) is 0 Å². The molecule has 28 heavy (non-hydrogen) atoms. The van der Waals surface area contributed by atoms with E-state index < -0.39 is 16.1 Å². The van der Waals surface area contributed by atoms with Crippen molar-refractivity contribution in [3.05, 3.63) is 65.2 Å². The molecule has 2 atom stereocenters. The highest BCUT2D eigenvalue weighted by Gasteiger charge is 2.33. The zero-order chi connectivity index (χ0) is 19.9. The average Bonchev–Trinajstić information content (AvgIpc) is 3.18. The van der Waals surface area contributed by atoms with E-state index in [4.69, 9.17) is 0 Å². The van der Waals surface area contributed by atoms with E-state index in [0.717, 1.165) is 18.4 Å². The van der Waals surface area contributed by atoms with Crippen molar-refractivity contribution in [2.45, 2.75) is 43.7 Å². The Morgan fingerprint density at radius 2 is 1.86 bits per heavy atom. The summed E-state index contributed by atoms with van der Waals surface area (Å²) in [6.07, 6.45) is 1.80. The van der Waals surface area contributed by atoms with Crippen LogP contribution in [0.1, 0.15) is 43.0 Å². The Morgan fingerprint density at radius 1 is 1.14 bits per heavy atom. The van der Waals surface area contributed by atoms with Gasteiger partial charge in [-0.1, -0.05) is 50.2 Å². The number of benzene rings is 2. The molecule has 2 unspecified atom stereocenters. The van der Waals surface area contributed by atoms with Gasteiger partial charge in [0, 0.05) is 5.56 Å². The summed E-state index contributed by atoms with van der Waals surface area (Å²) in [6.45, 7) is 3.82. The molecule has 2 aromatic carbocycles. The van der Waals surface area contributed by atoms with Crippen LogP contribution in [0.15, 0.2) is 58.4 Å². The van der Waals surface area contributed by atoms with Gasteiger partial charge in [-0.05, 0) is 42.0 Å². The second kappa shape index (κ2) is 7.05. The lowest BCUT2D eigenvalue weighted by atomic mass is 10.0. The average molecular weight is 398 g/mol. The predicted octanol–water partition coefficient (Wildman–Crippen LogP) is 2.55. The van der Waals surface area contributed by atoms with Gasteiger partial charge >= 0.3 is 0 Å². The largest absolute Gasteiger partial charge is 0.347 e. The summed E-state index contributed by atoms with van der Waals surface area (Å²) in [6, 6.07) is 14.1. The third kappa shape index (κ3) is 3.30. The van der Waals surface area contributed by atoms with Crippen LogP contribution < -0.4 is 10.0 Å². The molecule has 2 aromatic rings. The number of carbonyl (C=O) groups excluding carboxylic acids is 1. The van der Waals surface area contributed by atoms with Crippen LogP contribution in [0.3, 0.4) is 0 Å². The molecule has 7 heteroatoms. The summed E-state index contributed by atoms with van der Waals surface area (Å²) in [4.78, 5) is 17.7. The van der Waals surface area contributed by atoms with Gasteiger partial charge in [0.25, 0.3) is 10.0 Å². The number of amidine groups is 1. The molecule has 1 aliphatic heterocycles. The van der Waals surface area contributed by atoms with Gasteiger partial charge in [0.1, 0.15) is 11.9 Å². The summed E-state index contributed by atoms with van der Waals surface area (Å²) in [7, 11) is -3.63. The second-order valence-corrected chi connectivity index (χ2v) is 9.22. The van der Waals surface area contributed by atoms with Gasteiger partial charge in [-0.15, -0.1) is 0 Å². The van der Waals surface area contributed by atoms with Gasteiger partial charge in [0.2, 0.25) is 5.91 Å². The first-order chi connectivity index (χ1) is 13.4. The molecule has 0 fully saturated rings. The summed E-state index contributed by atoms with van der Waals surface area (Å²) in [5.74, 6) is -0.0366. The van der Waals surface area contributed by atoms with Gasteiger partial charge in [-0.3, -0.25) is 14.5 Å². The molecule has 6 nitrogen and oxygen atoms in total. The molecule has 0 aromatic heterocycles. The summed E-state index contributed by atoms with van der Waals surface area (Å²) >= 11 is 0. The van der Waals surface area contributed by atoms with Crippen LogP contribution >= 0.6 is 0 Å². The molecule has 2 N–H and O–H groups in total. The molecule has 0 spiro atoms. The molecule has 1 aliphatic carbocycles. The smallest absolute Gasteiger partial charge is 0.263 e. The molecule has 4 rings (SSSR count). The zero-order valence-electron chi connectivity index (χ0n) is 15.8. The van der Waals surface area contributed by atoms with E-state index in [1.165, 1.54) is 5.56 Å². The molecular formula is C21H23N3O3S. The fourth-order valence-electron chi connectivity index (χ4n) is 3.84. The van der Waals surface area contributed by atoms with Crippen LogP contribution in [0.4, 0.5) is 0 Å². The van der Waals surface area contributed by atoms with Crippen LogP contribution in [-0.2, 0) is 21.2 Å². The number of amides is 1. The first-order valence-electron chi connectivity index (χ1n) is 9.45. The first-order valence-corrected chi connectivity index (χ1v) is 10.9. The Labute approximate surface area is 165 Å². The van der Waals surface area contributed by atoms with Crippen LogP contribution in [0, 0.1) is 5.92 Å². The van der Waals surface area contributed by atoms with Crippen molar-refractivity contribution < 1.29 is 13.2 Å². The molecule has 0 bridgehead atoms. The Kier molecular flexibility index (Phi) is 4.71. The molecule has 0 radical (unpaired) electrons. The van der Waals surface area contributed by atoms with Gasteiger partial charge in [0.15, 0.2) is 0 Å². The van der Waals surface area contributed by atoms with E-state index in [2.05, 4.69) is 21.1 Å². The lowest BCUT2D eigenvalue weighted by Crippen LogP contribution is -2.39. The molecule has 1 heterocycles. The minimum atomic E-state index is -3.63. The highest BCUT2D eigenvalue weighted by molar-refractivity contribution is 7.90. The third-order valence-corrected chi connectivity index (χ3v) is 6.68. The molecule has 146 valence electrons. The van der Waals surface area contributed by atoms with E-state index in [0.29, 0.717) is 5.56 Å². The number of fused-ring (bicyclic) bond motifs is 2. The van der Waals surface area contributed by atoms with E-state index in [1.807, 2.05) is 32.0 Å². The van der Waals surface area contributed by atoms with E-state index in [1.54, 1.807) is 24.3 Å². The van der Waals surface area contributed by atoms with Crippen LogP contribution in [0.25, 0.3) is 0 Å². The lowest BCUT2D eigenvalue weighted by molar-refractivity contribution is -0.123. The molecule has 0 saturated heterocycles. The standard InChI is InChI=1S/C21H23N3O3S/c1-13(2)19(21(25)22-17-12-11-14-7-3-4-8-15(14)17)23-20-16-9-5-6-10-18(16)28(26,27)24-20/h3-10,13,17,19H,11-12H2,1-2H3,(H,22,25)(H,23,24). The molecule has 1 amide bonds. The number of rotatable bonds is 4. The maximum Gasteiger partial charge on any atom is 0.263 e. The van der Waals surface area contributed by atoms with Crippen molar-refractivity contribution >= 4 is 21.8 Å². The normalized spacial score (nSPS) is 21.8. The number of nitrogens with one attached hydrogen (secondary N) is 2. The van der Waals surface area contributed by atoms with Gasteiger partial charge < -0.3 is 5.32 Å². The minimum Gasteiger partial charge on any atom is -0.347 e. The maximum atomic E-state index is 13.0. The Balaban J connectivity index is 1.61. The topological polar surface area (TPSA) is 87.6 Å². The Hall–Kier alpha value is -2.67. The maximum absolute atomic E-state index is 13.0. The van der Waals surface area contributed by atoms with Crippen LogP contribution in [-0.4, -0.2) is 26.2 Å². The van der Waals surface area contributed by atoms with Crippen molar-refractivity contribution in [2.75, 3.05) is 0 Å². The molecule has 2 aliphatic rings. The van der Waals surface area contributed by atoms with Crippen molar-refractivity contribution in [3.63, 3.8) is 0 Å². The number of hydrogen-bond donors (Lipinski definition) is 2. The van der Waals surface area contributed by atoms with Crippen molar-refractivity contribution in [1.29, 1.82) is 0 Å². The van der Waals surface area contributed by atoms with Crippen molar-refractivity contribution in [1.82, 2.24) is 10.0 Å². The monoisotopic (exact) mass is 397 g/mol. The first kappa shape index (κ1) is 18.7. The number of aryl methyl sites for hydroxylation is 1. The molecular weight excluding hydrogens is 374 g/mol. The summed E-state index contributed by atoms with van der Waals surface area (Å²) in [5, 5.41) is 3.11. The Morgan fingerprint density at radius 3 is 2.64 bits per heavy atom. The predicted molar refractivity (Wildman–Crippen MR) is 108 cm³/mol. The number of nitrogens with zero attached hydrogens (tertiary/aromatic N) is 1. The highest BCUT2D eigenvalue weighted by Crippen LogP contribution is 2.31. The number of sulfonamides is 1. The summed E-state index contributed by atoms with van der Waals surface area (Å²) in [5.41, 5.74) is 2.92. The number of hydrogen-bond acceptors (Lipinski definition) is 4. The highest BCUT2D eigenvalue weighted by atomic mass is 32.2. The number of aliphatic imine (C=N–C) groups is 1. The fraction of sp³-hybridized carbons (Fsp3) is 0.333. The van der Waals surface area contributed by atoms with Gasteiger partial charge in [0.05, 0.1) is 10.9 Å². The summed E-state index contributed by atoms with van der Waals surface area (Å²) < 4.78 is 27.1. The van der Waals surface area contributed by atoms with E-state index in [-0.39, 0.29) is 28.6 Å². The lowest BCUT2D eigenvalue weighted by Gasteiger charge is -2.21. The van der Waals surface area contributed by atoms with E-state index >= 15 is 0 Å². The zero-order valence-corrected chi connectivity index (χ0v) is 16.7. The number of carbonyl (C=O) groups is 1. The second-order valence-electron chi connectivity index (χ2n) is 7.57. The SMILES string of the molecule is CC(C)C(N=C1NS(=O)(=O)c2ccccc21)C(=O)NC1CCc2ccccc21. The molecule has 0 saturated carbocycles. The van der Waals surface area contributed by atoms with Crippen LogP contribution in [0.5, 0.6) is 0 Å². The van der Waals surface area contributed by atoms with Gasteiger partial charge in [-0.2, -0.15) is 0 Å². The van der Waals surface area contributed by atoms with Crippen LogP contribution in [0.2, 0.25) is 0 Å².